The highest BCUT2D eigenvalue weighted by Gasteiger charge is 2.29. The van der Waals surface area contributed by atoms with Crippen LogP contribution in [0.25, 0.3) is 0 Å². The fraction of sp³-hybridized carbons (Fsp3) is 0.778. The summed E-state index contributed by atoms with van der Waals surface area (Å²) in [4.78, 5) is 11.1. The lowest BCUT2D eigenvalue weighted by Gasteiger charge is -2.24. The van der Waals surface area contributed by atoms with E-state index in [1.807, 2.05) is 6.07 Å². The summed E-state index contributed by atoms with van der Waals surface area (Å²) >= 11 is 0. The van der Waals surface area contributed by atoms with Gasteiger partial charge >= 0.3 is 0 Å². The maximum Gasteiger partial charge on any atom is 0.234 e. The van der Waals surface area contributed by atoms with Crippen molar-refractivity contribution in [1.82, 2.24) is 5.32 Å². The highest BCUT2D eigenvalue weighted by atomic mass is 16.1. The molecule has 0 aromatic heterocycles. The number of nitrogens with zero attached hydrogens (tertiary/aromatic N) is 1. The molecule has 0 saturated heterocycles. The number of carbonyl (C=O) groups excluding carboxylic acids is 1. The molecule has 0 aliphatic heterocycles. The largest absolute Gasteiger partial charge is 0.350 e. The summed E-state index contributed by atoms with van der Waals surface area (Å²) in [5.41, 5.74) is -0.0338. The summed E-state index contributed by atoms with van der Waals surface area (Å²) in [7, 11) is 0. The molecule has 1 fully saturated rings. The molecule has 1 rings (SSSR count). The van der Waals surface area contributed by atoms with E-state index in [0.29, 0.717) is 0 Å². The van der Waals surface area contributed by atoms with E-state index in [9.17, 15) is 4.79 Å². The Bertz CT molecular complexity index is 211. The van der Waals surface area contributed by atoms with Crippen molar-refractivity contribution in [3.05, 3.63) is 0 Å². The van der Waals surface area contributed by atoms with Gasteiger partial charge in [-0.1, -0.05) is 12.8 Å². The first-order valence-electron chi connectivity index (χ1n) is 4.34. The van der Waals surface area contributed by atoms with Crippen LogP contribution >= 0.6 is 0 Å². The van der Waals surface area contributed by atoms with Gasteiger partial charge in [-0.3, -0.25) is 4.79 Å². The second-order valence-electron chi connectivity index (χ2n) is 3.65. The smallest absolute Gasteiger partial charge is 0.234 e. The standard InChI is InChI=1S/C9H14N2O/c1-9(5-2-3-6-9)11-8(12)4-7-10/h2-6H2,1H3,(H,11,12). The summed E-state index contributed by atoms with van der Waals surface area (Å²) in [6.45, 7) is 2.05. The Labute approximate surface area is 72.8 Å². The minimum absolute atomic E-state index is 0.0183. The normalized spacial score (nSPS) is 20.0. The quantitative estimate of drug-likeness (QED) is 0.673. The topological polar surface area (TPSA) is 52.9 Å². The molecule has 0 unspecified atom stereocenters. The Balaban J connectivity index is 2.39. The number of rotatable bonds is 2. The molecule has 0 atom stereocenters. The monoisotopic (exact) mass is 166 g/mol. The summed E-state index contributed by atoms with van der Waals surface area (Å²) in [5, 5.41) is 11.2. The molecule has 0 aromatic rings. The second-order valence-corrected chi connectivity index (χ2v) is 3.65. The number of nitriles is 1. The molecule has 0 spiro atoms. The zero-order valence-electron chi connectivity index (χ0n) is 7.39. The lowest BCUT2D eigenvalue weighted by molar-refractivity contribution is -0.121. The predicted octanol–water partition coefficient (Wildman–Crippen LogP) is 1.35. The maximum atomic E-state index is 11.1. The van der Waals surface area contributed by atoms with E-state index in [0.717, 1.165) is 12.8 Å². The molecule has 0 bridgehead atoms. The minimum atomic E-state index is -0.137. The Hall–Kier alpha value is -1.04. The van der Waals surface area contributed by atoms with Crippen LogP contribution in [0.15, 0.2) is 0 Å². The van der Waals surface area contributed by atoms with Gasteiger partial charge in [0.25, 0.3) is 0 Å². The van der Waals surface area contributed by atoms with E-state index in [-0.39, 0.29) is 17.9 Å². The molecule has 1 amide bonds. The summed E-state index contributed by atoms with van der Waals surface area (Å²) in [6, 6.07) is 1.85. The Kier molecular flexibility index (Phi) is 2.69. The highest BCUT2D eigenvalue weighted by Crippen LogP contribution is 2.28. The number of carbonyl (C=O) groups is 1. The van der Waals surface area contributed by atoms with Gasteiger partial charge in [-0.05, 0) is 19.8 Å². The SMILES string of the molecule is CC1(NC(=O)CC#N)CCCC1. The van der Waals surface area contributed by atoms with Gasteiger partial charge in [-0.25, -0.2) is 0 Å². The second kappa shape index (κ2) is 3.57. The molecule has 12 heavy (non-hydrogen) atoms. The van der Waals surface area contributed by atoms with E-state index >= 15 is 0 Å². The maximum absolute atomic E-state index is 11.1. The van der Waals surface area contributed by atoms with Gasteiger partial charge < -0.3 is 5.32 Å². The number of amides is 1. The first-order chi connectivity index (χ1) is 5.66. The average Bonchev–Trinajstić information content (AvgIpc) is 2.36. The van der Waals surface area contributed by atoms with Crippen molar-refractivity contribution in [1.29, 1.82) is 5.26 Å². The molecular formula is C9H14N2O. The predicted molar refractivity (Wildman–Crippen MR) is 45.2 cm³/mol. The van der Waals surface area contributed by atoms with Crippen LogP contribution in [0.3, 0.4) is 0 Å². The van der Waals surface area contributed by atoms with Crippen molar-refractivity contribution in [2.75, 3.05) is 0 Å². The molecular weight excluding hydrogens is 152 g/mol. The van der Waals surface area contributed by atoms with Crippen LogP contribution in [0.5, 0.6) is 0 Å². The third kappa shape index (κ3) is 2.23. The molecule has 66 valence electrons. The molecule has 3 heteroatoms. The Morgan fingerprint density at radius 2 is 2.17 bits per heavy atom. The van der Waals surface area contributed by atoms with Crippen molar-refractivity contribution in [3.8, 4) is 6.07 Å². The zero-order valence-corrected chi connectivity index (χ0v) is 7.39. The van der Waals surface area contributed by atoms with Crippen LogP contribution in [-0.4, -0.2) is 11.4 Å². The van der Waals surface area contributed by atoms with Gasteiger partial charge in [-0.15, -0.1) is 0 Å². The van der Waals surface area contributed by atoms with E-state index in [1.54, 1.807) is 0 Å². The van der Waals surface area contributed by atoms with Crippen molar-refractivity contribution in [2.24, 2.45) is 0 Å². The van der Waals surface area contributed by atoms with E-state index in [2.05, 4.69) is 12.2 Å². The van der Waals surface area contributed by atoms with E-state index in [4.69, 9.17) is 5.26 Å². The Morgan fingerprint density at radius 1 is 1.58 bits per heavy atom. The van der Waals surface area contributed by atoms with E-state index in [1.165, 1.54) is 12.8 Å². The summed E-state index contributed by atoms with van der Waals surface area (Å²) < 4.78 is 0. The zero-order chi connectivity index (χ0) is 9.03. The van der Waals surface area contributed by atoms with Crippen LogP contribution in [0, 0.1) is 11.3 Å². The lowest BCUT2D eigenvalue weighted by atomic mass is 10.0. The molecule has 1 aliphatic carbocycles. The fourth-order valence-electron chi connectivity index (χ4n) is 1.73. The molecule has 0 aromatic carbocycles. The van der Waals surface area contributed by atoms with Crippen LogP contribution in [0.2, 0.25) is 0 Å². The summed E-state index contributed by atoms with van der Waals surface area (Å²) in [6.07, 6.45) is 4.44. The van der Waals surface area contributed by atoms with Crippen LogP contribution in [0.1, 0.15) is 39.0 Å². The van der Waals surface area contributed by atoms with Gasteiger partial charge in [0.2, 0.25) is 5.91 Å². The van der Waals surface area contributed by atoms with Crippen molar-refractivity contribution >= 4 is 5.91 Å². The number of hydrogen-bond donors (Lipinski definition) is 1. The van der Waals surface area contributed by atoms with Crippen molar-refractivity contribution in [2.45, 2.75) is 44.6 Å². The Morgan fingerprint density at radius 3 is 2.67 bits per heavy atom. The average molecular weight is 166 g/mol. The third-order valence-corrected chi connectivity index (χ3v) is 2.39. The van der Waals surface area contributed by atoms with Gasteiger partial charge in [0.15, 0.2) is 0 Å². The van der Waals surface area contributed by atoms with Crippen LogP contribution < -0.4 is 5.32 Å². The lowest BCUT2D eigenvalue weighted by Crippen LogP contribution is -2.43. The molecule has 3 nitrogen and oxygen atoms in total. The van der Waals surface area contributed by atoms with E-state index < -0.39 is 0 Å². The minimum Gasteiger partial charge on any atom is -0.350 e. The molecule has 0 heterocycles. The first kappa shape index (κ1) is 9.05. The van der Waals surface area contributed by atoms with Gasteiger partial charge in [-0.2, -0.15) is 5.26 Å². The van der Waals surface area contributed by atoms with Gasteiger partial charge in [0, 0.05) is 5.54 Å². The summed E-state index contributed by atoms with van der Waals surface area (Å²) in [5.74, 6) is -0.137. The molecule has 1 saturated carbocycles. The highest BCUT2D eigenvalue weighted by molar-refractivity contribution is 5.78. The number of nitrogens with one attached hydrogen (secondary N) is 1. The molecule has 1 N–H and O–H groups in total. The first-order valence-corrected chi connectivity index (χ1v) is 4.34. The molecule has 0 radical (unpaired) electrons. The van der Waals surface area contributed by atoms with Crippen molar-refractivity contribution in [3.63, 3.8) is 0 Å². The van der Waals surface area contributed by atoms with Gasteiger partial charge in [0.1, 0.15) is 6.42 Å². The van der Waals surface area contributed by atoms with Gasteiger partial charge in [0.05, 0.1) is 6.07 Å². The van der Waals surface area contributed by atoms with Crippen molar-refractivity contribution < 1.29 is 4.79 Å². The number of hydrogen-bond acceptors (Lipinski definition) is 2. The molecule has 1 aliphatic rings. The van der Waals surface area contributed by atoms with Crippen LogP contribution in [0.4, 0.5) is 0 Å². The third-order valence-electron chi connectivity index (χ3n) is 2.39. The fourth-order valence-corrected chi connectivity index (χ4v) is 1.73. The van der Waals surface area contributed by atoms with Crippen LogP contribution in [-0.2, 0) is 4.79 Å².